The summed E-state index contributed by atoms with van der Waals surface area (Å²) >= 11 is 0. The van der Waals surface area contributed by atoms with Gasteiger partial charge in [0.05, 0.1) is 5.39 Å². The molecule has 200 valence electrons. The summed E-state index contributed by atoms with van der Waals surface area (Å²) in [6.07, 6.45) is 7.87. The summed E-state index contributed by atoms with van der Waals surface area (Å²) in [7, 11) is 0. The van der Waals surface area contributed by atoms with Crippen LogP contribution >= 0.6 is 0 Å². The van der Waals surface area contributed by atoms with Gasteiger partial charge in [0.1, 0.15) is 29.4 Å². The van der Waals surface area contributed by atoms with Gasteiger partial charge in [-0.05, 0) is 79.3 Å². The van der Waals surface area contributed by atoms with Crippen molar-refractivity contribution in [2.45, 2.75) is 38.1 Å². The number of piperidine rings is 2. The fourth-order valence-electron chi connectivity index (χ4n) is 7.65. The Balaban J connectivity index is 1.24. The van der Waals surface area contributed by atoms with Crippen molar-refractivity contribution >= 4 is 27.5 Å². The summed E-state index contributed by atoms with van der Waals surface area (Å²) < 4.78 is 22.7. The molecule has 8 heteroatoms. The van der Waals surface area contributed by atoms with Crippen LogP contribution in [-0.4, -0.2) is 63.8 Å². The van der Waals surface area contributed by atoms with Crippen molar-refractivity contribution in [2.24, 2.45) is 17.8 Å². The second-order valence-corrected chi connectivity index (χ2v) is 12.0. The Morgan fingerprint density at radius 3 is 2.56 bits per heavy atom. The maximum atomic E-state index is 16.5. The number of phenolic OH excluding ortho intramolecular Hbond substituents is 1. The third kappa shape index (κ3) is 3.99. The maximum absolute atomic E-state index is 16.5. The van der Waals surface area contributed by atoms with Gasteiger partial charge in [-0.15, -0.1) is 0 Å². The lowest BCUT2D eigenvalue weighted by molar-refractivity contribution is 0.163. The fourth-order valence-corrected chi connectivity index (χ4v) is 7.65. The lowest BCUT2D eigenvalue weighted by atomic mass is 9.98. The van der Waals surface area contributed by atoms with Crippen LogP contribution in [0, 0.1) is 23.6 Å². The smallest absolute Gasteiger partial charge is 0.319 e. The molecule has 8 rings (SSSR count). The van der Waals surface area contributed by atoms with E-state index in [1.807, 2.05) is 24.3 Å². The highest BCUT2D eigenvalue weighted by Gasteiger charge is 2.38. The summed E-state index contributed by atoms with van der Waals surface area (Å²) in [5.41, 5.74) is 0.931. The Bertz CT molecular complexity index is 1580. The highest BCUT2D eigenvalue weighted by Crippen LogP contribution is 2.41. The Kier molecular flexibility index (Phi) is 5.40. The van der Waals surface area contributed by atoms with Crippen LogP contribution < -0.4 is 9.64 Å². The molecule has 3 aliphatic heterocycles. The molecule has 4 fully saturated rings. The molecule has 4 aromatic rings. The predicted molar refractivity (Wildman–Crippen MR) is 149 cm³/mol. The molecule has 7 nitrogen and oxygen atoms in total. The van der Waals surface area contributed by atoms with Crippen molar-refractivity contribution in [1.82, 2.24) is 19.9 Å². The Morgan fingerprint density at radius 2 is 1.77 bits per heavy atom. The maximum Gasteiger partial charge on any atom is 0.319 e. The number of hydrogen-bond donors (Lipinski definition) is 1. The molecule has 5 atom stereocenters. The van der Waals surface area contributed by atoms with E-state index < -0.39 is 5.82 Å². The van der Waals surface area contributed by atoms with Gasteiger partial charge in [0.25, 0.3) is 0 Å². The van der Waals surface area contributed by atoms with Gasteiger partial charge in [0, 0.05) is 37.4 Å². The lowest BCUT2D eigenvalue weighted by Crippen LogP contribution is -2.37. The first kappa shape index (κ1) is 23.4. The average molecular weight is 526 g/mol. The summed E-state index contributed by atoms with van der Waals surface area (Å²) in [6.45, 7) is 4.63. The molecule has 3 saturated heterocycles. The Hall–Kier alpha value is -3.52. The van der Waals surface area contributed by atoms with E-state index in [2.05, 4.69) is 19.8 Å². The minimum Gasteiger partial charge on any atom is -0.508 e. The van der Waals surface area contributed by atoms with Gasteiger partial charge in [-0.2, -0.15) is 9.97 Å². The minimum absolute atomic E-state index is 0.0713. The van der Waals surface area contributed by atoms with E-state index in [0.717, 1.165) is 55.1 Å². The van der Waals surface area contributed by atoms with Gasteiger partial charge in [-0.3, -0.25) is 9.88 Å². The minimum atomic E-state index is -0.514. The zero-order chi connectivity index (χ0) is 26.1. The SMILES string of the molecule is Oc1cc(-c2ncc3c(N4CC5CCC(C5)C4)nc(OC[C@@H]4CC5CCN4C5)nc3c2F)c2ccccc2c1. The third-order valence-corrected chi connectivity index (χ3v) is 9.50. The summed E-state index contributed by atoms with van der Waals surface area (Å²) in [6, 6.07) is 11.5. The summed E-state index contributed by atoms with van der Waals surface area (Å²) in [5, 5.41) is 12.7. The normalized spacial score (nSPS) is 27.6. The number of pyridine rings is 1. The van der Waals surface area contributed by atoms with Crippen molar-refractivity contribution in [3.63, 3.8) is 0 Å². The number of aromatic nitrogens is 3. The first-order valence-electron chi connectivity index (χ1n) is 14.3. The van der Waals surface area contributed by atoms with E-state index in [0.29, 0.717) is 35.4 Å². The van der Waals surface area contributed by atoms with E-state index >= 15 is 4.39 Å². The highest BCUT2D eigenvalue weighted by molar-refractivity contribution is 5.99. The van der Waals surface area contributed by atoms with E-state index in [9.17, 15) is 5.11 Å². The Labute approximate surface area is 226 Å². The monoisotopic (exact) mass is 525 g/mol. The van der Waals surface area contributed by atoms with Crippen molar-refractivity contribution in [3.05, 3.63) is 48.4 Å². The molecule has 1 aliphatic carbocycles. The largest absolute Gasteiger partial charge is 0.508 e. The van der Waals surface area contributed by atoms with E-state index in [1.165, 1.54) is 25.7 Å². The third-order valence-electron chi connectivity index (χ3n) is 9.50. The van der Waals surface area contributed by atoms with Crippen LogP contribution in [0.3, 0.4) is 0 Å². The molecule has 0 spiro atoms. The molecule has 4 bridgehead atoms. The number of rotatable bonds is 5. The number of fused-ring (bicyclic) bond motifs is 6. The summed E-state index contributed by atoms with van der Waals surface area (Å²) in [5.74, 6) is 2.34. The number of ether oxygens (including phenoxy) is 1. The van der Waals surface area contributed by atoms with Crippen LogP contribution in [0.2, 0.25) is 0 Å². The molecule has 39 heavy (non-hydrogen) atoms. The summed E-state index contributed by atoms with van der Waals surface area (Å²) in [4.78, 5) is 18.9. The fraction of sp³-hybridized carbons (Fsp3) is 0.452. The lowest BCUT2D eigenvalue weighted by Gasteiger charge is -2.33. The van der Waals surface area contributed by atoms with Gasteiger partial charge < -0.3 is 14.7 Å². The van der Waals surface area contributed by atoms with Crippen LogP contribution in [0.5, 0.6) is 11.8 Å². The molecule has 2 aromatic heterocycles. The zero-order valence-corrected chi connectivity index (χ0v) is 21.9. The van der Waals surface area contributed by atoms with Crippen LogP contribution in [0.4, 0.5) is 10.2 Å². The first-order chi connectivity index (χ1) is 19.1. The second-order valence-electron chi connectivity index (χ2n) is 12.0. The molecule has 5 heterocycles. The molecule has 4 aliphatic rings. The zero-order valence-electron chi connectivity index (χ0n) is 21.9. The Morgan fingerprint density at radius 1 is 0.949 bits per heavy atom. The van der Waals surface area contributed by atoms with Crippen LogP contribution in [0.15, 0.2) is 42.6 Å². The van der Waals surface area contributed by atoms with E-state index in [1.54, 1.807) is 18.3 Å². The number of phenols is 1. The van der Waals surface area contributed by atoms with Gasteiger partial charge in [-0.25, -0.2) is 4.39 Å². The molecular weight excluding hydrogens is 493 g/mol. The first-order valence-corrected chi connectivity index (χ1v) is 14.3. The highest BCUT2D eigenvalue weighted by atomic mass is 19.1. The molecule has 0 radical (unpaired) electrons. The number of nitrogens with zero attached hydrogens (tertiary/aromatic N) is 5. The van der Waals surface area contributed by atoms with Crippen LogP contribution in [-0.2, 0) is 0 Å². The van der Waals surface area contributed by atoms with E-state index in [4.69, 9.17) is 9.72 Å². The van der Waals surface area contributed by atoms with Gasteiger partial charge in [0.15, 0.2) is 5.82 Å². The average Bonchev–Trinajstić information content (AvgIpc) is 3.67. The van der Waals surface area contributed by atoms with Crippen LogP contribution in [0.1, 0.15) is 32.1 Å². The van der Waals surface area contributed by atoms with Gasteiger partial charge >= 0.3 is 6.01 Å². The molecular formula is C31H32FN5O2. The van der Waals surface area contributed by atoms with Gasteiger partial charge in [0.2, 0.25) is 0 Å². The molecule has 2 aromatic carbocycles. The van der Waals surface area contributed by atoms with Crippen molar-refractivity contribution in [1.29, 1.82) is 0 Å². The number of aromatic hydroxyl groups is 1. The van der Waals surface area contributed by atoms with Crippen molar-refractivity contribution in [3.8, 4) is 23.0 Å². The van der Waals surface area contributed by atoms with Crippen LogP contribution in [0.25, 0.3) is 32.9 Å². The standard InChI is InChI=1S/C31H32FN5O2/c32-27-28(25-12-23(38)11-21-3-1-2-4-24(21)25)33-13-26-29(27)34-31(39-17-22-10-20-7-8-36(22)14-20)35-30(26)37-15-18-5-6-19(9-18)16-37/h1-4,11-13,18-20,22,38H,5-10,14-17H2/t18?,19?,20?,22-/m0/s1. The topological polar surface area (TPSA) is 74.6 Å². The van der Waals surface area contributed by atoms with E-state index in [-0.39, 0.29) is 23.0 Å². The van der Waals surface area contributed by atoms with Crippen molar-refractivity contribution < 1.29 is 14.2 Å². The predicted octanol–water partition coefficient (Wildman–Crippen LogP) is 5.40. The second kappa shape index (κ2) is 9.01. The molecule has 1 N–H and O–H groups in total. The number of halogens is 1. The molecule has 4 unspecified atom stereocenters. The number of benzene rings is 2. The number of hydrogen-bond acceptors (Lipinski definition) is 7. The molecule has 0 amide bonds. The molecule has 1 saturated carbocycles. The number of anilines is 1. The quantitative estimate of drug-likeness (QED) is 0.374. The van der Waals surface area contributed by atoms with Crippen molar-refractivity contribution in [2.75, 3.05) is 37.7 Å². The van der Waals surface area contributed by atoms with Gasteiger partial charge in [-0.1, -0.05) is 24.3 Å².